The van der Waals surface area contributed by atoms with Gasteiger partial charge in [-0.15, -0.1) is 0 Å². The number of nitrogens with zero attached hydrogens (tertiary/aromatic N) is 2. The molecular formula is C12H11F3N2O4. The molecule has 1 aliphatic heterocycles. The highest BCUT2D eigenvalue weighted by atomic mass is 19.4. The Morgan fingerprint density at radius 3 is 2.52 bits per heavy atom. The average molecular weight is 304 g/mol. The summed E-state index contributed by atoms with van der Waals surface area (Å²) in [6.07, 6.45) is -4.82. The molecule has 9 heteroatoms. The molecule has 1 aromatic rings. The van der Waals surface area contributed by atoms with Gasteiger partial charge in [-0.3, -0.25) is 14.9 Å². The molecule has 1 aromatic carbocycles. The molecule has 1 aliphatic rings. The van der Waals surface area contributed by atoms with Gasteiger partial charge in [0.1, 0.15) is 0 Å². The van der Waals surface area contributed by atoms with Crippen LogP contribution in [0.2, 0.25) is 0 Å². The lowest BCUT2D eigenvalue weighted by Crippen LogP contribution is -2.48. The Labute approximate surface area is 116 Å². The minimum absolute atomic E-state index is 0.106. The molecule has 1 saturated heterocycles. The highest BCUT2D eigenvalue weighted by Crippen LogP contribution is 2.41. The SMILES string of the molecule is O=C(O)CC1CN(c2ccc([N+](=O)[O-])cc2C(F)(F)F)C1. The number of carboxylic acids is 1. The fourth-order valence-electron chi connectivity index (χ4n) is 2.28. The number of carbonyl (C=O) groups is 1. The predicted octanol–water partition coefficient (Wildman–Crippen LogP) is 2.52. The lowest BCUT2D eigenvalue weighted by molar-refractivity contribution is -0.385. The molecule has 0 atom stereocenters. The highest BCUT2D eigenvalue weighted by Gasteiger charge is 2.39. The number of nitro groups is 1. The smallest absolute Gasteiger partial charge is 0.418 e. The Morgan fingerprint density at radius 2 is 2.05 bits per heavy atom. The number of benzene rings is 1. The Morgan fingerprint density at radius 1 is 1.43 bits per heavy atom. The molecule has 0 unspecified atom stereocenters. The molecule has 0 spiro atoms. The minimum atomic E-state index is -4.71. The molecule has 0 bridgehead atoms. The molecule has 1 N–H and O–H groups in total. The lowest BCUT2D eigenvalue weighted by atomic mass is 9.94. The largest absolute Gasteiger partial charge is 0.481 e. The van der Waals surface area contributed by atoms with Gasteiger partial charge in [-0.05, 0) is 6.07 Å². The van der Waals surface area contributed by atoms with Crippen molar-refractivity contribution >= 4 is 17.3 Å². The highest BCUT2D eigenvalue weighted by molar-refractivity contribution is 5.68. The van der Waals surface area contributed by atoms with Gasteiger partial charge in [-0.25, -0.2) is 0 Å². The zero-order valence-corrected chi connectivity index (χ0v) is 10.6. The van der Waals surface area contributed by atoms with E-state index in [-0.39, 0.29) is 31.1 Å². The molecule has 21 heavy (non-hydrogen) atoms. The van der Waals surface area contributed by atoms with E-state index in [0.29, 0.717) is 6.07 Å². The third-order valence-corrected chi connectivity index (χ3v) is 3.26. The Balaban J connectivity index is 2.24. The summed E-state index contributed by atoms with van der Waals surface area (Å²) < 4.78 is 38.9. The van der Waals surface area contributed by atoms with Crippen LogP contribution in [0.1, 0.15) is 12.0 Å². The van der Waals surface area contributed by atoms with Crippen LogP contribution in [-0.4, -0.2) is 29.1 Å². The summed E-state index contributed by atoms with van der Waals surface area (Å²) in [4.78, 5) is 21.6. The van der Waals surface area contributed by atoms with Crippen LogP contribution in [0.5, 0.6) is 0 Å². The van der Waals surface area contributed by atoms with E-state index in [9.17, 15) is 28.1 Å². The average Bonchev–Trinajstić information content (AvgIpc) is 2.31. The number of halogens is 3. The van der Waals surface area contributed by atoms with Crippen LogP contribution in [0.15, 0.2) is 18.2 Å². The molecule has 0 saturated carbocycles. The first-order valence-corrected chi connectivity index (χ1v) is 6.01. The number of aliphatic carboxylic acids is 1. The maximum absolute atomic E-state index is 13.0. The first-order valence-electron chi connectivity index (χ1n) is 6.01. The Kier molecular flexibility index (Phi) is 3.75. The van der Waals surface area contributed by atoms with E-state index in [1.165, 1.54) is 4.90 Å². The van der Waals surface area contributed by atoms with Crippen molar-refractivity contribution in [3.8, 4) is 0 Å². The van der Waals surface area contributed by atoms with Crippen molar-refractivity contribution < 1.29 is 28.0 Å². The number of carboxylic acid groups (broad SMARTS) is 1. The summed E-state index contributed by atoms with van der Waals surface area (Å²) in [5.41, 5.74) is -1.87. The molecule has 114 valence electrons. The van der Waals surface area contributed by atoms with Crippen LogP contribution >= 0.6 is 0 Å². The number of non-ortho nitro benzene ring substituents is 1. The summed E-state index contributed by atoms with van der Waals surface area (Å²) in [5.74, 6) is -1.21. The number of hydrogen-bond donors (Lipinski definition) is 1. The van der Waals surface area contributed by atoms with Gasteiger partial charge in [0.2, 0.25) is 0 Å². The Bertz CT molecular complexity index is 582. The van der Waals surface area contributed by atoms with Crippen molar-refractivity contribution in [1.29, 1.82) is 0 Å². The summed E-state index contributed by atoms with van der Waals surface area (Å²) >= 11 is 0. The first-order chi connectivity index (χ1) is 9.68. The van der Waals surface area contributed by atoms with E-state index in [4.69, 9.17) is 5.11 Å². The van der Waals surface area contributed by atoms with Crippen LogP contribution in [0.3, 0.4) is 0 Å². The van der Waals surface area contributed by atoms with Gasteiger partial charge >= 0.3 is 12.1 Å². The minimum Gasteiger partial charge on any atom is -0.481 e. The molecule has 0 aliphatic carbocycles. The number of hydrogen-bond acceptors (Lipinski definition) is 4. The van der Waals surface area contributed by atoms with Gasteiger partial charge in [0.25, 0.3) is 5.69 Å². The van der Waals surface area contributed by atoms with E-state index >= 15 is 0 Å². The monoisotopic (exact) mass is 304 g/mol. The van der Waals surface area contributed by atoms with Crippen molar-refractivity contribution in [3.05, 3.63) is 33.9 Å². The van der Waals surface area contributed by atoms with Crippen LogP contribution in [0.25, 0.3) is 0 Å². The third kappa shape index (κ3) is 3.23. The van der Waals surface area contributed by atoms with Crippen LogP contribution < -0.4 is 4.90 Å². The van der Waals surface area contributed by atoms with Gasteiger partial charge in [-0.1, -0.05) is 0 Å². The van der Waals surface area contributed by atoms with E-state index in [1.807, 2.05) is 0 Å². The maximum Gasteiger partial charge on any atom is 0.418 e. The molecule has 6 nitrogen and oxygen atoms in total. The van der Waals surface area contributed by atoms with Gasteiger partial charge in [0.15, 0.2) is 0 Å². The van der Waals surface area contributed by atoms with Gasteiger partial charge in [-0.2, -0.15) is 13.2 Å². The topological polar surface area (TPSA) is 83.7 Å². The summed E-state index contributed by atoms with van der Waals surface area (Å²) in [7, 11) is 0. The van der Waals surface area contributed by atoms with Gasteiger partial charge < -0.3 is 10.0 Å². The maximum atomic E-state index is 13.0. The van der Waals surface area contributed by atoms with Crippen molar-refractivity contribution in [2.45, 2.75) is 12.6 Å². The molecule has 0 radical (unpaired) electrons. The van der Waals surface area contributed by atoms with Crippen molar-refractivity contribution in [2.24, 2.45) is 5.92 Å². The van der Waals surface area contributed by atoms with E-state index in [0.717, 1.165) is 12.1 Å². The van der Waals surface area contributed by atoms with Crippen molar-refractivity contribution in [2.75, 3.05) is 18.0 Å². The molecule has 0 amide bonds. The second kappa shape index (κ2) is 5.23. The molecule has 1 heterocycles. The van der Waals surface area contributed by atoms with Crippen molar-refractivity contribution in [3.63, 3.8) is 0 Å². The molecular weight excluding hydrogens is 293 g/mol. The second-order valence-electron chi connectivity index (χ2n) is 4.83. The predicted molar refractivity (Wildman–Crippen MR) is 66.1 cm³/mol. The Hall–Kier alpha value is -2.32. The fourth-order valence-corrected chi connectivity index (χ4v) is 2.28. The lowest BCUT2D eigenvalue weighted by Gasteiger charge is -2.41. The number of rotatable bonds is 4. The van der Waals surface area contributed by atoms with Crippen LogP contribution in [-0.2, 0) is 11.0 Å². The van der Waals surface area contributed by atoms with Gasteiger partial charge in [0.05, 0.1) is 16.9 Å². The number of nitro benzene ring substituents is 1. The second-order valence-corrected chi connectivity index (χ2v) is 4.83. The summed E-state index contributed by atoms with van der Waals surface area (Å²) in [6.45, 7) is 0.375. The molecule has 2 rings (SSSR count). The standard InChI is InChI=1S/C12H11F3N2O4/c13-12(14,15)9-4-8(17(20)21)1-2-10(9)16-5-7(6-16)3-11(18)19/h1-2,4,7H,3,5-6H2,(H,18,19). The third-order valence-electron chi connectivity index (χ3n) is 3.26. The van der Waals surface area contributed by atoms with E-state index in [2.05, 4.69) is 0 Å². The van der Waals surface area contributed by atoms with Crippen LogP contribution in [0, 0.1) is 16.0 Å². The summed E-state index contributed by atoms with van der Waals surface area (Å²) in [6, 6.07) is 2.56. The normalized spacial score (nSPS) is 15.7. The van der Waals surface area contributed by atoms with Gasteiger partial charge in [0, 0.05) is 36.8 Å². The summed E-state index contributed by atoms with van der Waals surface area (Å²) in [5, 5.41) is 19.2. The zero-order valence-electron chi connectivity index (χ0n) is 10.6. The number of anilines is 1. The number of alkyl halides is 3. The van der Waals surface area contributed by atoms with E-state index in [1.54, 1.807) is 0 Å². The zero-order chi connectivity index (χ0) is 15.8. The molecule has 1 fully saturated rings. The molecule has 0 aromatic heterocycles. The fraction of sp³-hybridized carbons (Fsp3) is 0.417. The van der Waals surface area contributed by atoms with Crippen LogP contribution in [0.4, 0.5) is 24.5 Å². The van der Waals surface area contributed by atoms with E-state index < -0.39 is 28.3 Å². The first kappa shape index (κ1) is 15.1. The van der Waals surface area contributed by atoms with Crippen molar-refractivity contribution in [1.82, 2.24) is 0 Å². The quantitative estimate of drug-likeness (QED) is 0.682.